The maximum atomic E-state index is 7.00. The van der Waals surface area contributed by atoms with Crippen LogP contribution in [0.5, 0.6) is 0 Å². The zero-order valence-electron chi connectivity index (χ0n) is 25.7. The van der Waals surface area contributed by atoms with E-state index in [1.54, 1.807) is 16.7 Å². The average Bonchev–Trinajstić information content (AvgIpc) is 3.35. The second-order valence-corrected chi connectivity index (χ2v) is 14.2. The Kier molecular flexibility index (Phi) is 6.19. The van der Waals surface area contributed by atoms with Gasteiger partial charge in [0.2, 0.25) is 5.69 Å². The topological polar surface area (TPSA) is 17.0 Å². The van der Waals surface area contributed by atoms with Crippen LogP contribution >= 0.6 is 0 Å². The first-order chi connectivity index (χ1) is 19.7. The molecule has 1 saturated carbocycles. The van der Waals surface area contributed by atoms with Gasteiger partial charge in [-0.25, -0.2) is 4.57 Å². The molecule has 2 aliphatic rings. The second kappa shape index (κ2) is 9.58. The first-order valence-corrected chi connectivity index (χ1v) is 15.8. The van der Waals surface area contributed by atoms with Gasteiger partial charge in [-0.05, 0) is 83.2 Å². The zero-order chi connectivity index (χ0) is 28.5. The smallest absolute Gasteiger partial charge is 0.216 e. The van der Waals surface area contributed by atoms with Crippen LogP contribution in [0.3, 0.4) is 0 Å². The SMILES string of the molecule is Cc1ccc2c(oc3c(-c4ccc(C5CCCCC5)c5c4C(C)(C)CCC5(C)C)cccc32)c1-c1cccc[n+]1C. The van der Waals surface area contributed by atoms with E-state index in [2.05, 4.69) is 113 Å². The minimum atomic E-state index is 0.110. The molecule has 2 heteroatoms. The third-order valence-corrected chi connectivity index (χ3v) is 10.5. The van der Waals surface area contributed by atoms with Gasteiger partial charge >= 0.3 is 0 Å². The van der Waals surface area contributed by atoms with Gasteiger partial charge in [0.1, 0.15) is 18.2 Å². The molecular formula is C39H44NO+. The third-order valence-electron chi connectivity index (χ3n) is 10.5. The Bertz CT molecular complexity index is 1790. The van der Waals surface area contributed by atoms with Crippen LogP contribution in [0.2, 0.25) is 0 Å². The maximum Gasteiger partial charge on any atom is 0.216 e. The molecule has 7 rings (SSSR count). The number of pyridine rings is 1. The van der Waals surface area contributed by atoms with Gasteiger partial charge in [-0.15, -0.1) is 0 Å². The molecule has 3 aromatic carbocycles. The average molecular weight is 543 g/mol. The number of hydrogen-bond donors (Lipinski definition) is 0. The Morgan fingerprint density at radius 2 is 1.44 bits per heavy atom. The van der Waals surface area contributed by atoms with Crippen molar-refractivity contribution in [1.29, 1.82) is 0 Å². The highest BCUT2D eigenvalue weighted by Crippen LogP contribution is 2.54. The summed E-state index contributed by atoms with van der Waals surface area (Å²) in [5.41, 5.74) is 13.3. The fourth-order valence-electron chi connectivity index (χ4n) is 8.18. The molecule has 0 aliphatic heterocycles. The molecule has 0 atom stereocenters. The van der Waals surface area contributed by atoms with Crippen LogP contribution in [-0.4, -0.2) is 0 Å². The lowest BCUT2D eigenvalue weighted by Crippen LogP contribution is -2.36. The van der Waals surface area contributed by atoms with Crippen LogP contribution in [-0.2, 0) is 17.9 Å². The van der Waals surface area contributed by atoms with Crippen molar-refractivity contribution in [3.8, 4) is 22.4 Å². The summed E-state index contributed by atoms with van der Waals surface area (Å²) in [6.45, 7) is 12.1. The van der Waals surface area contributed by atoms with E-state index in [0.717, 1.165) is 11.2 Å². The van der Waals surface area contributed by atoms with E-state index in [0.29, 0.717) is 5.92 Å². The zero-order valence-corrected chi connectivity index (χ0v) is 25.7. The molecular weight excluding hydrogens is 498 g/mol. The predicted molar refractivity (Wildman–Crippen MR) is 172 cm³/mol. The van der Waals surface area contributed by atoms with Crippen molar-refractivity contribution in [3.63, 3.8) is 0 Å². The van der Waals surface area contributed by atoms with Crippen molar-refractivity contribution >= 4 is 21.9 Å². The number of benzene rings is 3. The van der Waals surface area contributed by atoms with Gasteiger partial charge in [0.15, 0.2) is 6.20 Å². The van der Waals surface area contributed by atoms with Crippen molar-refractivity contribution in [1.82, 2.24) is 0 Å². The Morgan fingerprint density at radius 1 is 0.707 bits per heavy atom. The minimum absolute atomic E-state index is 0.110. The summed E-state index contributed by atoms with van der Waals surface area (Å²) in [4.78, 5) is 0. The van der Waals surface area contributed by atoms with E-state index in [-0.39, 0.29) is 10.8 Å². The molecule has 210 valence electrons. The van der Waals surface area contributed by atoms with Gasteiger partial charge in [0, 0.05) is 28.5 Å². The fourth-order valence-corrected chi connectivity index (χ4v) is 8.18. The van der Waals surface area contributed by atoms with Crippen molar-refractivity contribution < 1.29 is 8.98 Å². The normalized spacial score (nSPS) is 18.6. The van der Waals surface area contributed by atoms with E-state index in [4.69, 9.17) is 4.42 Å². The lowest BCUT2D eigenvalue weighted by Gasteiger charge is -2.45. The van der Waals surface area contributed by atoms with Crippen LogP contribution in [0.1, 0.15) is 101 Å². The number of hydrogen-bond acceptors (Lipinski definition) is 1. The molecule has 0 saturated heterocycles. The number of furan rings is 1. The van der Waals surface area contributed by atoms with E-state index >= 15 is 0 Å². The molecule has 0 N–H and O–H groups in total. The van der Waals surface area contributed by atoms with Crippen molar-refractivity contribution in [2.75, 3.05) is 0 Å². The Morgan fingerprint density at radius 3 is 2.20 bits per heavy atom. The van der Waals surface area contributed by atoms with Crippen molar-refractivity contribution in [3.05, 3.63) is 89.1 Å². The molecule has 2 aliphatic carbocycles. The summed E-state index contributed by atoms with van der Waals surface area (Å²) in [5.74, 6) is 0.693. The number of fused-ring (bicyclic) bond motifs is 4. The summed E-state index contributed by atoms with van der Waals surface area (Å²) >= 11 is 0. The van der Waals surface area contributed by atoms with Crippen LogP contribution < -0.4 is 4.57 Å². The number of aryl methyl sites for hydroxylation is 2. The van der Waals surface area contributed by atoms with Crippen LogP contribution in [0, 0.1) is 6.92 Å². The van der Waals surface area contributed by atoms with Gasteiger partial charge in [-0.1, -0.05) is 89.4 Å². The number of para-hydroxylation sites is 1. The summed E-state index contributed by atoms with van der Waals surface area (Å²) < 4.78 is 9.20. The molecule has 0 radical (unpaired) electrons. The lowest BCUT2D eigenvalue weighted by atomic mass is 9.59. The van der Waals surface area contributed by atoms with Crippen molar-refractivity contribution in [2.45, 2.75) is 96.3 Å². The molecule has 0 spiro atoms. The van der Waals surface area contributed by atoms with E-state index in [1.165, 1.54) is 83.7 Å². The van der Waals surface area contributed by atoms with E-state index in [9.17, 15) is 0 Å². The number of aromatic nitrogens is 1. The highest BCUT2D eigenvalue weighted by molar-refractivity contribution is 6.13. The van der Waals surface area contributed by atoms with Crippen LogP contribution in [0.25, 0.3) is 44.3 Å². The molecule has 2 heterocycles. The van der Waals surface area contributed by atoms with Crippen molar-refractivity contribution in [2.24, 2.45) is 7.05 Å². The Hall–Kier alpha value is -3.39. The molecule has 2 nitrogen and oxygen atoms in total. The van der Waals surface area contributed by atoms with Gasteiger partial charge in [-0.2, -0.15) is 0 Å². The molecule has 1 fully saturated rings. The first kappa shape index (κ1) is 26.5. The quantitative estimate of drug-likeness (QED) is 0.207. The summed E-state index contributed by atoms with van der Waals surface area (Å²) in [5, 5.41) is 2.40. The maximum absolute atomic E-state index is 7.00. The second-order valence-electron chi connectivity index (χ2n) is 14.2. The molecule has 5 aromatic rings. The monoisotopic (exact) mass is 542 g/mol. The third kappa shape index (κ3) is 4.17. The van der Waals surface area contributed by atoms with Gasteiger partial charge < -0.3 is 4.42 Å². The van der Waals surface area contributed by atoms with Crippen LogP contribution in [0.15, 0.2) is 71.3 Å². The predicted octanol–water partition coefficient (Wildman–Crippen LogP) is 10.4. The standard InChI is InChI=1S/C39H44NO/c1-25-18-19-31-30-16-12-15-29(36(30)41-37(31)33(25)32-17-10-11-24-40(32)6)28-21-20-27(26-13-8-7-9-14-26)34-35(28)39(4,5)23-22-38(34,2)3/h10-12,15-21,24,26H,7-9,13-14,22-23H2,1-6H3/q+1. The van der Waals surface area contributed by atoms with E-state index < -0.39 is 0 Å². The Labute approximate surface area is 245 Å². The van der Waals surface area contributed by atoms with Gasteiger partial charge in [-0.3, -0.25) is 0 Å². The largest absolute Gasteiger partial charge is 0.454 e. The van der Waals surface area contributed by atoms with Gasteiger partial charge in [0.25, 0.3) is 0 Å². The number of rotatable bonds is 3. The molecule has 2 aromatic heterocycles. The van der Waals surface area contributed by atoms with Crippen LogP contribution in [0.4, 0.5) is 0 Å². The van der Waals surface area contributed by atoms with E-state index in [1.807, 2.05) is 0 Å². The summed E-state index contributed by atoms with van der Waals surface area (Å²) in [6.07, 6.45) is 11.4. The summed E-state index contributed by atoms with van der Waals surface area (Å²) in [7, 11) is 2.12. The summed E-state index contributed by atoms with van der Waals surface area (Å²) in [6, 6.07) is 22.6. The van der Waals surface area contributed by atoms with Gasteiger partial charge in [0.05, 0.1) is 5.56 Å². The molecule has 41 heavy (non-hydrogen) atoms. The minimum Gasteiger partial charge on any atom is -0.454 e. The molecule has 0 unspecified atom stereocenters. The molecule has 0 amide bonds. The Balaban J connectivity index is 1.52. The first-order valence-electron chi connectivity index (χ1n) is 15.8. The highest BCUT2D eigenvalue weighted by atomic mass is 16.3. The molecule has 0 bridgehead atoms. The fraction of sp³-hybridized carbons (Fsp3) is 0.410. The lowest BCUT2D eigenvalue weighted by molar-refractivity contribution is -0.660. The highest BCUT2D eigenvalue weighted by Gasteiger charge is 2.42. The number of nitrogens with zero attached hydrogens (tertiary/aromatic N) is 1.